The van der Waals surface area contributed by atoms with Gasteiger partial charge in [0.25, 0.3) is 0 Å². The molecule has 0 fully saturated rings. The van der Waals surface area contributed by atoms with Crippen molar-refractivity contribution in [2.45, 2.75) is 6.54 Å². The number of nitrogens with zero attached hydrogens (tertiary/aromatic N) is 3. The van der Waals surface area contributed by atoms with Crippen molar-refractivity contribution in [2.75, 3.05) is 5.32 Å². The minimum atomic E-state index is -0.424. The fraction of sp³-hybridized carbons (Fsp3) is 0.182. The lowest BCUT2D eigenvalue weighted by Crippen LogP contribution is -2.11. The van der Waals surface area contributed by atoms with Gasteiger partial charge in [0, 0.05) is 18.3 Å². The van der Waals surface area contributed by atoms with E-state index in [9.17, 15) is 4.79 Å². The summed E-state index contributed by atoms with van der Waals surface area (Å²) >= 11 is 0. The van der Waals surface area contributed by atoms with Crippen LogP contribution in [0, 0.1) is 0 Å². The van der Waals surface area contributed by atoms with E-state index >= 15 is 0 Å². The third-order valence-electron chi connectivity index (χ3n) is 2.45. The lowest BCUT2D eigenvalue weighted by atomic mass is 10.2. The molecule has 6 heteroatoms. The number of aryl methyl sites for hydroxylation is 1. The Balaban J connectivity index is 2.00. The van der Waals surface area contributed by atoms with Crippen LogP contribution >= 0.6 is 0 Å². The molecule has 0 saturated heterocycles. The number of benzene rings is 1. The van der Waals surface area contributed by atoms with Crippen molar-refractivity contribution in [3.63, 3.8) is 0 Å². The minimum absolute atomic E-state index is 0.424. The predicted octanol–water partition coefficient (Wildman–Crippen LogP) is 0.526. The average Bonchev–Trinajstić information content (AvgIpc) is 2.73. The first kappa shape index (κ1) is 11.1. The Morgan fingerprint density at radius 1 is 1.41 bits per heavy atom. The highest BCUT2D eigenvalue weighted by Crippen LogP contribution is 2.10. The Morgan fingerprint density at radius 2 is 2.12 bits per heavy atom. The van der Waals surface area contributed by atoms with Crippen molar-refractivity contribution < 1.29 is 4.79 Å². The van der Waals surface area contributed by atoms with Crippen molar-refractivity contribution in [3.05, 3.63) is 41.7 Å². The maximum Gasteiger partial charge on any atom is 0.248 e. The first-order valence-electron chi connectivity index (χ1n) is 5.14. The Morgan fingerprint density at radius 3 is 2.65 bits per heavy atom. The van der Waals surface area contributed by atoms with Gasteiger partial charge in [-0.1, -0.05) is 5.21 Å². The second-order valence-electron chi connectivity index (χ2n) is 3.64. The monoisotopic (exact) mass is 231 g/mol. The molecule has 0 unspecified atom stereocenters. The van der Waals surface area contributed by atoms with Gasteiger partial charge < -0.3 is 11.1 Å². The zero-order chi connectivity index (χ0) is 12.3. The summed E-state index contributed by atoms with van der Waals surface area (Å²) in [5, 5.41) is 10.8. The van der Waals surface area contributed by atoms with Crippen molar-refractivity contribution in [3.8, 4) is 0 Å². The number of amides is 1. The molecule has 1 amide bonds. The van der Waals surface area contributed by atoms with Crippen molar-refractivity contribution >= 4 is 11.6 Å². The molecule has 6 nitrogen and oxygen atoms in total. The van der Waals surface area contributed by atoms with E-state index in [1.807, 2.05) is 19.2 Å². The number of primary amides is 1. The van der Waals surface area contributed by atoms with E-state index in [-0.39, 0.29) is 0 Å². The van der Waals surface area contributed by atoms with Crippen LogP contribution < -0.4 is 11.1 Å². The highest BCUT2D eigenvalue weighted by atomic mass is 16.1. The van der Waals surface area contributed by atoms with Gasteiger partial charge in [0.2, 0.25) is 5.91 Å². The molecule has 0 aliphatic heterocycles. The van der Waals surface area contributed by atoms with Gasteiger partial charge in [-0.05, 0) is 24.3 Å². The largest absolute Gasteiger partial charge is 0.379 e. The first-order valence-corrected chi connectivity index (χ1v) is 5.14. The topological polar surface area (TPSA) is 85.8 Å². The molecule has 88 valence electrons. The summed E-state index contributed by atoms with van der Waals surface area (Å²) in [5.74, 6) is -0.424. The Hall–Kier alpha value is -2.37. The summed E-state index contributed by atoms with van der Waals surface area (Å²) in [5.41, 5.74) is 7.54. The summed E-state index contributed by atoms with van der Waals surface area (Å²) in [7, 11) is 1.83. The molecule has 1 aromatic heterocycles. The van der Waals surface area contributed by atoms with E-state index in [1.54, 1.807) is 23.0 Å². The Kier molecular flexibility index (Phi) is 3.04. The van der Waals surface area contributed by atoms with Crippen LogP contribution in [0.4, 0.5) is 5.69 Å². The summed E-state index contributed by atoms with van der Waals surface area (Å²) in [6, 6.07) is 6.99. The minimum Gasteiger partial charge on any atom is -0.379 e. The van der Waals surface area contributed by atoms with E-state index in [2.05, 4.69) is 15.6 Å². The lowest BCUT2D eigenvalue weighted by Gasteiger charge is -2.06. The SMILES string of the molecule is Cn1nncc1CNc1ccc(C(N)=O)cc1. The van der Waals surface area contributed by atoms with Crippen LogP contribution in [-0.4, -0.2) is 20.9 Å². The number of hydrogen-bond acceptors (Lipinski definition) is 4. The van der Waals surface area contributed by atoms with E-state index in [0.717, 1.165) is 11.4 Å². The number of anilines is 1. The molecule has 0 atom stereocenters. The smallest absolute Gasteiger partial charge is 0.248 e. The standard InChI is InChI=1S/C11H13N5O/c1-16-10(7-14-15-16)6-13-9-4-2-8(3-5-9)11(12)17/h2-5,7,13H,6H2,1H3,(H2,12,17). The summed E-state index contributed by atoms with van der Waals surface area (Å²) in [6.45, 7) is 0.624. The maximum atomic E-state index is 10.9. The van der Waals surface area contributed by atoms with Crippen LogP contribution in [0.25, 0.3) is 0 Å². The molecule has 17 heavy (non-hydrogen) atoms. The van der Waals surface area contributed by atoms with E-state index in [1.165, 1.54) is 0 Å². The molecule has 3 N–H and O–H groups in total. The molecule has 0 spiro atoms. The molecular formula is C11H13N5O. The number of carbonyl (C=O) groups excluding carboxylic acids is 1. The van der Waals surface area contributed by atoms with Crippen LogP contribution in [0.15, 0.2) is 30.5 Å². The fourth-order valence-corrected chi connectivity index (χ4v) is 1.42. The average molecular weight is 231 g/mol. The van der Waals surface area contributed by atoms with Crippen molar-refractivity contribution in [2.24, 2.45) is 12.8 Å². The lowest BCUT2D eigenvalue weighted by molar-refractivity contribution is 0.100. The van der Waals surface area contributed by atoms with Gasteiger partial charge in [-0.3, -0.25) is 9.48 Å². The molecule has 1 aromatic carbocycles. The summed E-state index contributed by atoms with van der Waals surface area (Å²) in [6.07, 6.45) is 1.70. The molecule has 2 rings (SSSR count). The van der Waals surface area contributed by atoms with Crippen molar-refractivity contribution in [1.82, 2.24) is 15.0 Å². The zero-order valence-corrected chi connectivity index (χ0v) is 9.42. The van der Waals surface area contributed by atoms with Crippen LogP contribution in [-0.2, 0) is 13.6 Å². The van der Waals surface area contributed by atoms with Crippen molar-refractivity contribution in [1.29, 1.82) is 0 Å². The van der Waals surface area contributed by atoms with Crippen LogP contribution in [0.3, 0.4) is 0 Å². The third-order valence-corrected chi connectivity index (χ3v) is 2.45. The molecule has 2 aromatic rings. The Labute approximate surface area is 98.4 Å². The van der Waals surface area contributed by atoms with Crippen LogP contribution in [0.5, 0.6) is 0 Å². The van der Waals surface area contributed by atoms with Gasteiger partial charge in [-0.2, -0.15) is 0 Å². The quantitative estimate of drug-likeness (QED) is 0.803. The maximum absolute atomic E-state index is 10.9. The summed E-state index contributed by atoms with van der Waals surface area (Å²) < 4.78 is 1.70. The molecule has 1 heterocycles. The highest BCUT2D eigenvalue weighted by molar-refractivity contribution is 5.93. The summed E-state index contributed by atoms with van der Waals surface area (Å²) in [4.78, 5) is 10.9. The number of nitrogens with two attached hydrogens (primary N) is 1. The van der Waals surface area contributed by atoms with Gasteiger partial charge >= 0.3 is 0 Å². The second kappa shape index (κ2) is 4.65. The third kappa shape index (κ3) is 2.60. The van der Waals surface area contributed by atoms with Gasteiger partial charge in [-0.15, -0.1) is 5.10 Å². The highest BCUT2D eigenvalue weighted by Gasteiger charge is 2.01. The Bertz CT molecular complexity index is 517. The molecule has 0 aliphatic rings. The number of hydrogen-bond donors (Lipinski definition) is 2. The predicted molar refractivity (Wildman–Crippen MR) is 63.3 cm³/mol. The van der Waals surface area contributed by atoms with Gasteiger partial charge in [0.15, 0.2) is 0 Å². The first-order chi connectivity index (χ1) is 8.16. The molecular weight excluding hydrogens is 218 g/mol. The molecule has 0 bridgehead atoms. The fourth-order valence-electron chi connectivity index (χ4n) is 1.42. The number of carbonyl (C=O) groups is 1. The normalized spacial score (nSPS) is 10.2. The zero-order valence-electron chi connectivity index (χ0n) is 9.42. The molecule has 0 aliphatic carbocycles. The van der Waals surface area contributed by atoms with E-state index < -0.39 is 5.91 Å². The number of aromatic nitrogens is 3. The number of nitrogens with one attached hydrogen (secondary N) is 1. The molecule has 0 saturated carbocycles. The van der Waals surface area contributed by atoms with E-state index in [4.69, 9.17) is 5.73 Å². The van der Waals surface area contributed by atoms with Gasteiger partial charge in [-0.25, -0.2) is 0 Å². The van der Waals surface area contributed by atoms with Crippen LogP contribution in [0.2, 0.25) is 0 Å². The van der Waals surface area contributed by atoms with E-state index in [0.29, 0.717) is 12.1 Å². The molecule has 0 radical (unpaired) electrons. The van der Waals surface area contributed by atoms with Gasteiger partial charge in [0.05, 0.1) is 18.4 Å². The van der Waals surface area contributed by atoms with Crippen LogP contribution in [0.1, 0.15) is 16.1 Å². The van der Waals surface area contributed by atoms with Gasteiger partial charge in [0.1, 0.15) is 0 Å². The number of rotatable bonds is 4. The second-order valence-corrected chi connectivity index (χ2v) is 3.64.